The van der Waals surface area contributed by atoms with E-state index in [1.165, 1.54) is 0 Å². The summed E-state index contributed by atoms with van der Waals surface area (Å²) in [7, 11) is 0. The molecule has 0 radical (unpaired) electrons. The van der Waals surface area contributed by atoms with Crippen molar-refractivity contribution in [3.63, 3.8) is 0 Å². The molecule has 13 heavy (non-hydrogen) atoms. The molecule has 0 amide bonds. The number of anilines is 1. The average molecular weight is 238 g/mol. The molecule has 0 aliphatic heterocycles. The zero-order valence-corrected chi connectivity index (χ0v) is 8.38. The molecule has 3 N–H and O–H groups in total. The van der Waals surface area contributed by atoms with Gasteiger partial charge in [-0.15, -0.1) is 0 Å². The Kier molecular flexibility index (Phi) is 1.88. The van der Waals surface area contributed by atoms with Crippen LogP contribution in [0.4, 0.5) is 5.69 Å². The van der Waals surface area contributed by atoms with Crippen LogP contribution < -0.4 is 5.73 Å². The Morgan fingerprint density at radius 1 is 1.15 bits per heavy atom. The quantitative estimate of drug-likeness (QED) is 0.547. The third-order valence-corrected chi connectivity index (χ3v) is 2.67. The number of nitrogen functional groups attached to an aromatic ring is 1. The van der Waals surface area contributed by atoms with Crippen molar-refractivity contribution < 1.29 is 5.11 Å². The number of benzene rings is 2. The van der Waals surface area contributed by atoms with Gasteiger partial charge in [-0.3, -0.25) is 0 Å². The molecule has 3 heteroatoms. The summed E-state index contributed by atoms with van der Waals surface area (Å²) in [5.74, 6) is 0.116. The molecule has 0 saturated heterocycles. The van der Waals surface area contributed by atoms with Crippen LogP contribution in [-0.4, -0.2) is 5.11 Å². The van der Waals surface area contributed by atoms with E-state index in [9.17, 15) is 5.11 Å². The summed E-state index contributed by atoms with van der Waals surface area (Å²) < 4.78 is 0.856. The summed E-state index contributed by atoms with van der Waals surface area (Å²) in [4.78, 5) is 0. The fourth-order valence-electron chi connectivity index (χ4n) is 1.34. The Hall–Kier alpha value is -1.22. The van der Waals surface area contributed by atoms with Gasteiger partial charge in [0.05, 0.1) is 5.69 Å². The number of phenolic OH excluding ortho intramolecular Hbond substituents is 1. The number of nitrogens with two attached hydrogens (primary N) is 1. The summed E-state index contributed by atoms with van der Waals surface area (Å²) in [6.45, 7) is 0. The maximum Gasteiger partial charge on any atom is 0.140 e. The molecular weight excluding hydrogens is 230 g/mol. The number of phenols is 1. The van der Waals surface area contributed by atoms with Gasteiger partial charge >= 0.3 is 0 Å². The summed E-state index contributed by atoms with van der Waals surface area (Å²) >= 11 is 3.37. The van der Waals surface area contributed by atoms with Crippen molar-refractivity contribution >= 4 is 32.4 Å². The second-order valence-electron chi connectivity index (χ2n) is 2.84. The first-order chi connectivity index (χ1) is 6.20. The first kappa shape index (κ1) is 8.38. The molecule has 2 aromatic carbocycles. The van der Waals surface area contributed by atoms with Gasteiger partial charge in [-0.05, 0) is 11.5 Å². The van der Waals surface area contributed by atoms with E-state index in [2.05, 4.69) is 15.9 Å². The van der Waals surface area contributed by atoms with E-state index in [1.807, 2.05) is 24.3 Å². The van der Waals surface area contributed by atoms with Gasteiger partial charge in [-0.2, -0.15) is 0 Å². The topological polar surface area (TPSA) is 46.2 Å². The number of halogens is 1. The Balaban J connectivity index is 2.97. The van der Waals surface area contributed by atoms with Crippen LogP contribution in [0.25, 0.3) is 10.8 Å². The number of rotatable bonds is 0. The second kappa shape index (κ2) is 2.92. The van der Waals surface area contributed by atoms with Crippen LogP contribution in [0, 0.1) is 0 Å². The Labute approximate surface area is 84.1 Å². The zero-order chi connectivity index (χ0) is 9.42. The van der Waals surface area contributed by atoms with E-state index in [0.29, 0.717) is 5.69 Å². The van der Waals surface area contributed by atoms with Crippen LogP contribution in [0.3, 0.4) is 0 Å². The lowest BCUT2D eigenvalue weighted by Gasteiger charge is -2.05. The van der Waals surface area contributed by atoms with Crippen LogP contribution in [0.2, 0.25) is 0 Å². The van der Waals surface area contributed by atoms with E-state index < -0.39 is 0 Å². The lowest BCUT2D eigenvalue weighted by atomic mass is 10.1. The SMILES string of the molecule is Nc1c(O)cc(Br)c2ccccc12. The highest BCUT2D eigenvalue weighted by atomic mass is 79.9. The van der Waals surface area contributed by atoms with Gasteiger partial charge in [0.25, 0.3) is 0 Å². The van der Waals surface area contributed by atoms with Gasteiger partial charge in [0.1, 0.15) is 5.75 Å². The normalized spacial score (nSPS) is 10.5. The summed E-state index contributed by atoms with van der Waals surface area (Å²) in [6.07, 6.45) is 0. The summed E-state index contributed by atoms with van der Waals surface area (Å²) in [5, 5.41) is 11.3. The Bertz CT molecular complexity index is 468. The molecule has 0 aliphatic rings. The van der Waals surface area contributed by atoms with Gasteiger partial charge in [0.2, 0.25) is 0 Å². The number of hydrogen-bond acceptors (Lipinski definition) is 2. The molecule has 0 bridgehead atoms. The third kappa shape index (κ3) is 1.25. The van der Waals surface area contributed by atoms with Crippen molar-refractivity contribution in [1.82, 2.24) is 0 Å². The van der Waals surface area contributed by atoms with Crippen LogP contribution in [0.1, 0.15) is 0 Å². The minimum absolute atomic E-state index is 0.116. The summed E-state index contributed by atoms with van der Waals surface area (Å²) in [5.41, 5.74) is 6.15. The maximum atomic E-state index is 9.44. The number of hydrogen-bond donors (Lipinski definition) is 2. The lowest BCUT2D eigenvalue weighted by molar-refractivity contribution is 0.478. The minimum atomic E-state index is 0.116. The van der Waals surface area contributed by atoms with Crippen molar-refractivity contribution in [2.24, 2.45) is 0 Å². The number of fused-ring (bicyclic) bond motifs is 1. The first-order valence-electron chi connectivity index (χ1n) is 3.86. The molecule has 0 saturated carbocycles. The van der Waals surface area contributed by atoms with E-state index in [-0.39, 0.29) is 5.75 Å². The van der Waals surface area contributed by atoms with Gasteiger partial charge in [-0.1, -0.05) is 40.2 Å². The van der Waals surface area contributed by atoms with Crippen LogP contribution in [0.5, 0.6) is 5.75 Å². The van der Waals surface area contributed by atoms with E-state index in [4.69, 9.17) is 5.73 Å². The summed E-state index contributed by atoms with van der Waals surface area (Å²) in [6, 6.07) is 9.27. The maximum absolute atomic E-state index is 9.44. The van der Waals surface area contributed by atoms with E-state index >= 15 is 0 Å². The van der Waals surface area contributed by atoms with Crippen molar-refractivity contribution in [1.29, 1.82) is 0 Å². The molecule has 66 valence electrons. The molecule has 2 aromatic rings. The molecule has 0 fully saturated rings. The molecule has 0 aliphatic carbocycles. The van der Waals surface area contributed by atoms with Crippen LogP contribution >= 0.6 is 15.9 Å². The smallest absolute Gasteiger partial charge is 0.140 e. The predicted octanol–water partition coefficient (Wildman–Crippen LogP) is 2.89. The monoisotopic (exact) mass is 237 g/mol. The first-order valence-corrected chi connectivity index (χ1v) is 4.65. The molecule has 0 heterocycles. The van der Waals surface area contributed by atoms with E-state index in [0.717, 1.165) is 15.2 Å². The lowest BCUT2D eigenvalue weighted by Crippen LogP contribution is -1.88. The molecule has 0 atom stereocenters. The van der Waals surface area contributed by atoms with Crippen molar-refractivity contribution in [3.05, 3.63) is 34.8 Å². The highest BCUT2D eigenvalue weighted by Gasteiger charge is 2.05. The van der Waals surface area contributed by atoms with Gasteiger partial charge < -0.3 is 10.8 Å². The third-order valence-electron chi connectivity index (χ3n) is 2.01. The highest BCUT2D eigenvalue weighted by Crippen LogP contribution is 2.35. The molecule has 0 spiro atoms. The van der Waals surface area contributed by atoms with Crippen molar-refractivity contribution in [2.45, 2.75) is 0 Å². The highest BCUT2D eigenvalue weighted by molar-refractivity contribution is 9.10. The minimum Gasteiger partial charge on any atom is -0.506 e. The fourth-order valence-corrected chi connectivity index (χ4v) is 1.90. The Morgan fingerprint density at radius 3 is 2.46 bits per heavy atom. The van der Waals surface area contributed by atoms with E-state index in [1.54, 1.807) is 6.07 Å². The van der Waals surface area contributed by atoms with Crippen LogP contribution in [-0.2, 0) is 0 Å². The van der Waals surface area contributed by atoms with Crippen molar-refractivity contribution in [3.8, 4) is 5.75 Å². The van der Waals surface area contributed by atoms with Crippen LogP contribution in [0.15, 0.2) is 34.8 Å². The number of aromatic hydroxyl groups is 1. The Morgan fingerprint density at radius 2 is 1.77 bits per heavy atom. The molecule has 0 aromatic heterocycles. The molecular formula is C10H8BrNO. The molecule has 0 unspecified atom stereocenters. The second-order valence-corrected chi connectivity index (χ2v) is 3.69. The average Bonchev–Trinajstić information content (AvgIpc) is 2.15. The predicted molar refractivity (Wildman–Crippen MR) is 57.7 cm³/mol. The fraction of sp³-hybridized carbons (Fsp3) is 0. The van der Waals surface area contributed by atoms with Crippen molar-refractivity contribution in [2.75, 3.05) is 5.73 Å². The molecule has 2 rings (SSSR count). The van der Waals surface area contributed by atoms with Gasteiger partial charge in [0, 0.05) is 9.86 Å². The zero-order valence-electron chi connectivity index (χ0n) is 6.79. The molecule has 2 nitrogen and oxygen atoms in total. The van der Waals surface area contributed by atoms with Gasteiger partial charge in [0.15, 0.2) is 0 Å². The van der Waals surface area contributed by atoms with Gasteiger partial charge in [-0.25, -0.2) is 0 Å². The largest absolute Gasteiger partial charge is 0.506 e. The standard InChI is InChI=1S/C10H8BrNO/c11-8-5-9(13)10(12)7-4-2-1-3-6(7)8/h1-5,13H,12H2.